The lowest BCUT2D eigenvalue weighted by Crippen LogP contribution is -2.09. The molecule has 0 aliphatic carbocycles. The van der Waals surface area contributed by atoms with Gasteiger partial charge in [-0.05, 0) is 55.3 Å². The summed E-state index contributed by atoms with van der Waals surface area (Å²) in [5.41, 5.74) is 5.45. The molecule has 0 aliphatic heterocycles. The molecule has 20 heavy (non-hydrogen) atoms. The first-order valence-electron chi connectivity index (χ1n) is 6.83. The summed E-state index contributed by atoms with van der Waals surface area (Å²) >= 11 is 0. The molecule has 0 spiro atoms. The predicted octanol–water partition coefficient (Wildman–Crippen LogP) is 4.40. The molecule has 0 atom stereocenters. The number of carbonyl (C=O) groups excluding carboxylic acids is 1. The van der Waals surface area contributed by atoms with Gasteiger partial charge in [-0.25, -0.2) is 0 Å². The highest BCUT2D eigenvalue weighted by atomic mass is 16.1. The summed E-state index contributed by atoms with van der Waals surface area (Å²) in [4.78, 5) is 11.3. The van der Waals surface area contributed by atoms with Crippen molar-refractivity contribution in [2.45, 2.75) is 27.2 Å². The van der Waals surface area contributed by atoms with E-state index in [9.17, 15) is 4.79 Å². The minimum Gasteiger partial charge on any atom is -0.355 e. The standard InChI is InChI=1S/C17H20N2O/c1-4-17(20)19-15-10-8-14(9-11-15)18-16-7-5-6-12(2)13(16)3/h5-11,18H,4H2,1-3H3,(H,19,20). The second-order valence-electron chi connectivity index (χ2n) is 4.85. The highest BCUT2D eigenvalue weighted by Gasteiger charge is 2.02. The van der Waals surface area contributed by atoms with Crippen LogP contribution < -0.4 is 10.6 Å². The normalized spacial score (nSPS) is 10.2. The minimum absolute atomic E-state index is 0.0280. The molecule has 0 bridgehead atoms. The van der Waals surface area contributed by atoms with Gasteiger partial charge in [0.05, 0.1) is 0 Å². The average Bonchev–Trinajstić information content (AvgIpc) is 2.46. The summed E-state index contributed by atoms with van der Waals surface area (Å²) in [6.07, 6.45) is 0.489. The molecule has 0 saturated carbocycles. The van der Waals surface area contributed by atoms with Crippen LogP contribution in [0.4, 0.5) is 17.1 Å². The smallest absolute Gasteiger partial charge is 0.224 e. The number of carbonyl (C=O) groups is 1. The maximum atomic E-state index is 11.3. The second-order valence-corrected chi connectivity index (χ2v) is 4.85. The first-order chi connectivity index (χ1) is 9.60. The maximum absolute atomic E-state index is 11.3. The molecule has 3 heteroatoms. The maximum Gasteiger partial charge on any atom is 0.224 e. The molecule has 0 unspecified atom stereocenters. The molecule has 2 rings (SSSR count). The number of benzene rings is 2. The van der Waals surface area contributed by atoms with E-state index in [0.29, 0.717) is 6.42 Å². The summed E-state index contributed by atoms with van der Waals surface area (Å²) in [5.74, 6) is 0.0280. The highest BCUT2D eigenvalue weighted by molar-refractivity contribution is 5.90. The predicted molar refractivity (Wildman–Crippen MR) is 84.6 cm³/mol. The molecular weight excluding hydrogens is 248 g/mol. The summed E-state index contributed by atoms with van der Waals surface area (Å²) in [5, 5.41) is 6.23. The fourth-order valence-corrected chi connectivity index (χ4v) is 1.93. The van der Waals surface area contributed by atoms with Crippen molar-refractivity contribution in [1.29, 1.82) is 0 Å². The number of hydrogen-bond acceptors (Lipinski definition) is 2. The van der Waals surface area contributed by atoms with Crippen molar-refractivity contribution in [3.05, 3.63) is 53.6 Å². The van der Waals surface area contributed by atoms with Crippen LogP contribution in [0.2, 0.25) is 0 Å². The van der Waals surface area contributed by atoms with Gasteiger partial charge >= 0.3 is 0 Å². The van der Waals surface area contributed by atoms with Gasteiger partial charge in [0.2, 0.25) is 5.91 Å². The second kappa shape index (κ2) is 6.24. The fraction of sp³-hybridized carbons (Fsp3) is 0.235. The Labute approximate surface area is 120 Å². The van der Waals surface area contributed by atoms with Crippen LogP contribution in [-0.2, 0) is 4.79 Å². The van der Waals surface area contributed by atoms with E-state index < -0.39 is 0 Å². The topological polar surface area (TPSA) is 41.1 Å². The lowest BCUT2D eigenvalue weighted by atomic mass is 10.1. The van der Waals surface area contributed by atoms with Crippen molar-refractivity contribution < 1.29 is 4.79 Å². The third-order valence-corrected chi connectivity index (χ3v) is 3.37. The van der Waals surface area contributed by atoms with Crippen LogP contribution in [0.15, 0.2) is 42.5 Å². The Balaban J connectivity index is 2.11. The van der Waals surface area contributed by atoms with Gasteiger partial charge in [0.1, 0.15) is 0 Å². The Morgan fingerprint density at radius 1 is 1.00 bits per heavy atom. The van der Waals surface area contributed by atoms with E-state index in [0.717, 1.165) is 17.1 Å². The van der Waals surface area contributed by atoms with Gasteiger partial charge in [-0.15, -0.1) is 0 Å². The van der Waals surface area contributed by atoms with Crippen LogP contribution >= 0.6 is 0 Å². The number of amides is 1. The van der Waals surface area contributed by atoms with E-state index >= 15 is 0 Å². The lowest BCUT2D eigenvalue weighted by Gasteiger charge is -2.12. The van der Waals surface area contributed by atoms with Gasteiger partial charge < -0.3 is 10.6 Å². The number of anilines is 3. The lowest BCUT2D eigenvalue weighted by molar-refractivity contribution is -0.115. The van der Waals surface area contributed by atoms with Crippen LogP contribution in [0.25, 0.3) is 0 Å². The Morgan fingerprint density at radius 3 is 2.30 bits per heavy atom. The number of aryl methyl sites for hydroxylation is 1. The third-order valence-electron chi connectivity index (χ3n) is 3.37. The van der Waals surface area contributed by atoms with E-state index in [1.165, 1.54) is 11.1 Å². The molecule has 0 aromatic heterocycles. The quantitative estimate of drug-likeness (QED) is 0.863. The van der Waals surface area contributed by atoms with E-state index in [4.69, 9.17) is 0 Å². The molecule has 3 nitrogen and oxygen atoms in total. The molecule has 2 aromatic rings. The summed E-state index contributed by atoms with van der Waals surface area (Å²) < 4.78 is 0. The van der Waals surface area contributed by atoms with E-state index in [1.54, 1.807) is 0 Å². The Bertz CT molecular complexity index is 603. The van der Waals surface area contributed by atoms with Gasteiger partial charge in [0, 0.05) is 23.5 Å². The molecular formula is C17H20N2O. The van der Waals surface area contributed by atoms with Crippen molar-refractivity contribution in [3.8, 4) is 0 Å². The summed E-state index contributed by atoms with van der Waals surface area (Å²) in [7, 11) is 0. The van der Waals surface area contributed by atoms with Crippen LogP contribution in [0.5, 0.6) is 0 Å². The van der Waals surface area contributed by atoms with Crippen molar-refractivity contribution in [3.63, 3.8) is 0 Å². The van der Waals surface area contributed by atoms with Crippen LogP contribution in [0.1, 0.15) is 24.5 Å². The molecule has 2 aromatic carbocycles. The van der Waals surface area contributed by atoms with Crippen LogP contribution in [0, 0.1) is 13.8 Å². The Morgan fingerprint density at radius 2 is 1.65 bits per heavy atom. The summed E-state index contributed by atoms with van der Waals surface area (Å²) in [6.45, 7) is 6.04. The van der Waals surface area contributed by atoms with Gasteiger partial charge in [-0.3, -0.25) is 4.79 Å². The first kappa shape index (κ1) is 14.1. The van der Waals surface area contributed by atoms with E-state index in [2.05, 4.69) is 36.6 Å². The Kier molecular flexibility index (Phi) is 4.41. The van der Waals surface area contributed by atoms with Gasteiger partial charge in [-0.1, -0.05) is 19.1 Å². The Hall–Kier alpha value is -2.29. The molecule has 0 heterocycles. The van der Waals surface area contributed by atoms with Crippen molar-refractivity contribution in [2.24, 2.45) is 0 Å². The third kappa shape index (κ3) is 3.38. The first-order valence-corrected chi connectivity index (χ1v) is 6.83. The number of rotatable bonds is 4. The molecule has 2 N–H and O–H groups in total. The zero-order valence-electron chi connectivity index (χ0n) is 12.2. The molecule has 0 fully saturated rings. The number of hydrogen-bond donors (Lipinski definition) is 2. The van der Waals surface area contributed by atoms with E-state index in [-0.39, 0.29) is 5.91 Å². The van der Waals surface area contributed by atoms with Crippen LogP contribution in [-0.4, -0.2) is 5.91 Å². The van der Waals surface area contributed by atoms with Crippen molar-refractivity contribution in [2.75, 3.05) is 10.6 Å². The molecule has 0 saturated heterocycles. The SMILES string of the molecule is CCC(=O)Nc1ccc(Nc2cccc(C)c2C)cc1. The highest BCUT2D eigenvalue weighted by Crippen LogP contribution is 2.23. The van der Waals surface area contributed by atoms with Gasteiger partial charge in [0.15, 0.2) is 0 Å². The largest absolute Gasteiger partial charge is 0.355 e. The van der Waals surface area contributed by atoms with Crippen molar-refractivity contribution in [1.82, 2.24) is 0 Å². The minimum atomic E-state index is 0.0280. The molecule has 0 radical (unpaired) electrons. The molecule has 1 amide bonds. The van der Waals surface area contributed by atoms with Crippen LogP contribution in [0.3, 0.4) is 0 Å². The zero-order valence-corrected chi connectivity index (χ0v) is 12.2. The zero-order chi connectivity index (χ0) is 14.5. The monoisotopic (exact) mass is 268 g/mol. The van der Waals surface area contributed by atoms with Gasteiger partial charge in [0.25, 0.3) is 0 Å². The van der Waals surface area contributed by atoms with Crippen molar-refractivity contribution >= 4 is 23.0 Å². The molecule has 104 valence electrons. The average molecular weight is 268 g/mol. The van der Waals surface area contributed by atoms with E-state index in [1.807, 2.05) is 37.3 Å². The summed E-state index contributed by atoms with van der Waals surface area (Å²) in [6, 6.07) is 13.9. The fourth-order valence-electron chi connectivity index (χ4n) is 1.93. The van der Waals surface area contributed by atoms with Gasteiger partial charge in [-0.2, -0.15) is 0 Å². The number of nitrogens with one attached hydrogen (secondary N) is 2. The molecule has 0 aliphatic rings.